The molecular formula is C35H32F3N3O7S2. The molecule has 1 unspecified atom stereocenters. The first-order valence-corrected chi connectivity index (χ1v) is 17.2. The number of ether oxygens (including phenoxy) is 1. The van der Waals surface area contributed by atoms with Crippen LogP contribution in [0.4, 0.5) is 23.7 Å². The third-order valence-electron chi connectivity index (χ3n) is 8.21. The summed E-state index contributed by atoms with van der Waals surface area (Å²) in [5.74, 6) is -5.67. The zero-order valence-corrected chi connectivity index (χ0v) is 28.2. The fraction of sp³-hybridized carbons (Fsp3) is 0.257. The van der Waals surface area contributed by atoms with Crippen molar-refractivity contribution < 1.29 is 45.8 Å². The molecule has 3 aromatic carbocycles. The van der Waals surface area contributed by atoms with Crippen LogP contribution >= 0.6 is 12.2 Å². The van der Waals surface area contributed by atoms with Gasteiger partial charge in [-0.1, -0.05) is 60.8 Å². The fourth-order valence-corrected chi connectivity index (χ4v) is 7.17. The summed E-state index contributed by atoms with van der Waals surface area (Å²) < 4.78 is 76.5. The molecule has 3 atom stereocenters. The first-order chi connectivity index (χ1) is 23.7. The first-order valence-electron chi connectivity index (χ1n) is 15.4. The number of halogens is 3. The number of allylic oxidation sites excluding steroid dienone is 3. The summed E-state index contributed by atoms with van der Waals surface area (Å²) in [6, 6.07) is 13.9. The summed E-state index contributed by atoms with van der Waals surface area (Å²) in [6.07, 6.45) is 1.45. The highest BCUT2D eigenvalue weighted by molar-refractivity contribution is 7.89. The summed E-state index contributed by atoms with van der Waals surface area (Å²) in [5.41, 5.74) is 1.81. The van der Waals surface area contributed by atoms with Crippen molar-refractivity contribution in [1.29, 1.82) is 0 Å². The van der Waals surface area contributed by atoms with Gasteiger partial charge in [-0.25, -0.2) is 26.4 Å². The molecule has 0 radical (unpaired) electrons. The van der Waals surface area contributed by atoms with Gasteiger partial charge in [0.1, 0.15) is 10.7 Å². The summed E-state index contributed by atoms with van der Waals surface area (Å²) in [7, 11) is -4.94. The Morgan fingerprint density at radius 1 is 1.06 bits per heavy atom. The number of rotatable bonds is 13. The van der Waals surface area contributed by atoms with Gasteiger partial charge in [-0.2, -0.15) is 4.31 Å². The van der Waals surface area contributed by atoms with Crippen molar-refractivity contribution in [3.63, 3.8) is 0 Å². The first kappa shape index (κ1) is 36.6. The maximum atomic E-state index is 14.9. The number of sulfonamides is 1. The van der Waals surface area contributed by atoms with Crippen LogP contribution in [0.5, 0.6) is 0 Å². The molecule has 50 heavy (non-hydrogen) atoms. The van der Waals surface area contributed by atoms with E-state index in [-0.39, 0.29) is 30.9 Å². The molecule has 1 aliphatic heterocycles. The van der Waals surface area contributed by atoms with E-state index >= 15 is 0 Å². The minimum absolute atomic E-state index is 0.0120. The quantitative estimate of drug-likeness (QED) is 0.148. The third kappa shape index (κ3) is 8.35. The monoisotopic (exact) mass is 727 g/mol. The van der Waals surface area contributed by atoms with E-state index in [2.05, 4.69) is 5.32 Å². The predicted molar refractivity (Wildman–Crippen MR) is 182 cm³/mol. The normalized spacial score (nSPS) is 17.4. The molecule has 3 aromatic rings. The molecule has 0 bridgehead atoms. The average Bonchev–Trinajstić information content (AvgIpc) is 3.48. The van der Waals surface area contributed by atoms with Crippen molar-refractivity contribution in [1.82, 2.24) is 9.62 Å². The molecule has 1 aliphatic carbocycles. The Balaban J connectivity index is 1.41. The standard InChI is InChI=1S/C35H32F3N3O7S2/c1-21(42)23-11-13-25(14-12-23)41-20-31(48-35(41)45)34(44)39-29(15-22-7-3-2-4-8-22)30(43)19-40(18-24-9-5-6-10-32(24)49)50(46,47)33-17-27(37)26(36)16-28(33)38/h2-9,11-14,16-17,29-31,43H,10,15,18-20H2,1H3,(H,39,44)/t29?,30-,31-/m0/s1. The van der Waals surface area contributed by atoms with Gasteiger partial charge in [-0.15, -0.1) is 0 Å². The van der Waals surface area contributed by atoms with Crippen molar-refractivity contribution in [3.8, 4) is 0 Å². The van der Waals surface area contributed by atoms with Gasteiger partial charge in [-0.05, 0) is 54.8 Å². The SMILES string of the molecule is CC(=O)c1ccc(N2C[C@@H](C(=O)NC(Cc3ccccc3)[C@@H](O)CN(CC3=CC=CCC3=S)S(=O)(=O)c3cc(F)c(F)cc3F)OC2=O)cc1. The Bertz CT molecular complexity index is 1970. The number of ketones is 1. The van der Waals surface area contributed by atoms with Crippen molar-refractivity contribution in [2.24, 2.45) is 0 Å². The second-order valence-electron chi connectivity index (χ2n) is 11.7. The molecule has 10 nitrogen and oxygen atoms in total. The fourth-order valence-electron chi connectivity index (χ4n) is 5.45. The third-order valence-corrected chi connectivity index (χ3v) is 10.5. The summed E-state index contributed by atoms with van der Waals surface area (Å²) >= 11 is 5.39. The number of hydrogen-bond donors (Lipinski definition) is 2. The van der Waals surface area contributed by atoms with Gasteiger partial charge in [-0.3, -0.25) is 14.5 Å². The van der Waals surface area contributed by atoms with Gasteiger partial charge in [0.05, 0.1) is 18.7 Å². The molecule has 1 heterocycles. The highest BCUT2D eigenvalue weighted by Gasteiger charge is 2.40. The molecule has 2 N–H and O–H groups in total. The van der Waals surface area contributed by atoms with Crippen LogP contribution in [-0.2, 0) is 26.0 Å². The smallest absolute Gasteiger partial charge is 0.415 e. The lowest BCUT2D eigenvalue weighted by atomic mass is 10.00. The zero-order chi connectivity index (χ0) is 36.2. The Labute approximate surface area is 291 Å². The Morgan fingerprint density at radius 3 is 2.40 bits per heavy atom. The molecule has 0 saturated carbocycles. The lowest BCUT2D eigenvalue weighted by Crippen LogP contribution is -2.53. The van der Waals surface area contributed by atoms with Crippen LogP contribution in [0.1, 0.15) is 29.3 Å². The number of carbonyl (C=O) groups is 3. The molecular weight excluding hydrogens is 696 g/mol. The molecule has 2 amide bonds. The molecule has 262 valence electrons. The lowest BCUT2D eigenvalue weighted by Gasteiger charge is -2.31. The second-order valence-corrected chi connectivity index (χ2v) is 14.1. The summed E-state index contributed by atoms with van der Waals surface area (Å²) in [5, 5.41) is 14.3. The zero-order valence-electron chi connectivity index (χ0n) is 26.6. The number of aliphatic hydroxyl groups excluding tert-OH is 1. The van der Waals surface area contributed by atoms with Crippen molar-refractivity contribution in [2.45, 2.75) is 42.9 Å². The van der Waals surface area contributed by atoms with E-state index in [1.165, 1.54) is 36.1 Å². The lowest BCUT2D eigenvalue weighted by molar-refractivity contribution is -0.129. The van der Waals surface area contributed by atoms with Gasteiger partial charge < -0.3 is 15.2 Å². The second kappa shape index (κ2) is 15.5. The van der Waals surface area contributed by atoms with Crippen LogP contribution < -0.4 is 10.2 Å². The van der Waals surface area contributed by atoms with E-state index in [4.69, 9.17) is 17.0 Å². The number of aliphatic hydroxyl groups is 1. The van der Waals surface area contributed by atoms with Crippen LogP contribution in [0.15, 0.2) is 95.4 Å². The molecule has 1 fully saturated rings. The van der Waals surface area contributed by atoms with Crippen molar-refractivity contribution in [2.75, 3.05) is 24.5 Å². The number of Topliss-reactive ketones (excluding diaryl/α,β-unsaturated/α-hetero) is 1. The van der Waals surface area contributed by atoms with Crippen LogP contribution in [-0.4, -0.2) is 78.4 Å². The highest BCUT2D eigenvalue weighted by atomic mass is 32.2. The summed E-state index contributed by atoms with van der Waals surface area (Å²) in [4.78, 5) is 38.3. The van der Waals surface area contributed by atoms with E-state index in [0.717, 1.165) is 0 Å². The number of cyclic esters (lactones) is 1. The van der Waals surface area contributed by atoms with E-state index in [1.54, 1.807) is 48.6 Å². The summed E-state index contributed by atoms with van der Waals surface area (Å²) in [6.45, 7) is 0.00788. The van der Waals surface area contributed by atoms with Crippen LogP contribution in [0, 0.1) is 17.5 Å². The minimum atomic E-state index is -4.94. The van der Waals surface area contributed by atoms with E-state index in [9.17, 15) is 41.1 Å². The van der Waals surface area contributed by atoms with Gasteiger partial charge in [0.15, 0.2) is 23.5 Å². The molecule has 0 spiro atoms. The number of anilines is 1. The Hall–Kier alpha value is -4.70. The number of thiocarbonyl (C=S) groups is 1. The topological polar surface area (TPSA) is 133 Å². The average molecular weight is 728 g/mol. The highest BCUT2D eigenvalue weighted by Crippen LogP contribution is 2.26. The van der Waals surface area contributed by atoms with Crippen molar-refractivity contribution in [3.05, 3.63) is 119 Å². The number of carbonyl (C=O) groups excluding carboxylic acids is 3. The molecule has 2 aliphatic rings. The molecule has 5 rings (SSSR count). The number of nitrogens with zero attached hydrogens (tertiary/aromatic N) is 2. The van der Waals surface area contributed by atoms with Gasteiger partial charge in [0, 0.05) is 41.7 Å². The number of benzene rings is 3. The number of amides is 2. The molecule has 1 saturated heterocycles. The van der Waals surface area contributed by atoms with Gasteiger partial charge in [0.2, 0.25) is 10.0 Å². The van der Waals surface area contributed by atoms with Crippen LogP contribution in [0.2, 0.25) is 0 Å². The van der Waals surface area contributed by atoms with E-state index in [0.29, 0.717) is 38.0 Å². The van der Waals surface area contributed by atoms with Gasteiger partial charge >= 0.3 is 6.09 Å². The number of hydrogen-bond acceptors (Lipinski definition) is 8. The maximum absolute atomic E-state index is 14.9. The van der Waals surface area contributed by atoms with Crippen LogP contribution in [0.3, 0.4) is 0 Å². The van der Waals surface area contributed by atoms with E-state index < -0.39 is 75.7 Å². The largest absolute Gasteiger partial charge is 0.434 e. The van der Waals surface area contributed by atoms with Gasteiger partial charge in [0.25, 0.3) is 5.91 Å². The molecule has 0 aromatic heterocycles. The molecule has 15 heteroatoms. The maximum Gasteiger partial charge on any atom is 0.415 e. The predicted octanol–water partition coefficient (Wildman–Crippen LogP) is 4.67. The Morgan fingerprint density at radius 2 is 1.74 bits per heavy atom. The van der Waals surface area contributed by atoms with Crippen molar-refractivity contribution >= 4 is 50.6 Å². The van der Waals surface area contributed by atoms with E-state index in [1.807, 2.05) is 0 Å². The minimum Gasteiger partial charge on any atom is -0.434 e. The number of nitrogens with one attached hydrogen (secondary N) is 1. The van der Waals surface area contributed by atoms with Crippen LogP contribution in [0.25, 0.3) is 0 Å². The Kier molecular flexibility index (Phi) is 11.3.